The second-order valence-electron chi connectivity index (χ2n) is 4.06. The number of hydrogen-bond acceptors (Lipinski definition) is 3. The van der Waals surface area contributed by atoms with Gasteiger partial charge in [-0.3, -0.25) is 0 Å². The van der Waals surface area contributed by atoms with Crippen LogP contribution in [0.5, 0.6) is 11.5 Å². The summed E-state index contributed by atoms with van der Waals surface area (Å²) < 4.78 is 15.6. The Morgan fingerprint density at radius 3 is 2.41 bits per heavy atom. The van der Waals surface area contributed by atoms with Gasteiger partial charge in [0.05, 0.1) is 20.8 Å². The van der Waals surface area contributed by atoms with Crippen LogP contribution in [-0.4, -0.2) is 34.0 Å². The summed E-state index contributed by atoms with van der Waals surface area (Å²) >= 11 is 0. The lowest BCUT2D eigenvalue weighted by atomic mass is 10.2. The van der Waals surface area contributed by atoms with Gasteiger partial charge in [-0.05, 0) is 25.1 Å². The van der Waals surface area contributed by atoms with Gasteiger partial charge in [0, 0.05) is 12.7 Å². The van der Waals surface area contributed by atoms with Crippen molar-refractivity contribution in [3.05, 3.63) is 23.8 Å². The second-order valence-corrected chi connectivity index (χ2v) is 4.06. The van der Waals surface area contributed by atoms with E-state index in [0.717, 1.165) is 24.7 Å². The molecule has 0 unspecified atom stereocenters. The molecule has 4 nitrogen and oxygen atoms in total. The van der Waals surface area contributed by atoms with Crippen LogP contribution in [0.25, 0.3) is 0 Å². The molecule has 0 heterocycles. The van der Waals surface area contributed by atoms with Gasteiger partial charge in [-0.2, -0.15) is 0 Å². The molecule has 0 saturated heterocycles. The maximum atomic E-state index is 5.27. The minimum atomic E-state index is 0.452. The van der Waals surface area contributed by atoms with Crippen LogP contribution < -0.4 is 14.8 Å². The largest absolute Gasteiger partial charge is 0.493 e. The number of rotatable bonds is 7. The van der Waals surface area contributed by atoms with E-state index in [2.05, 4.69) is 18.3 Å². The normalized spacial score (nSPS) is 12.2. The molecule has 0 aliphatic rings. The summed E-state index contributed by atoms with van der Waals surface area (Å²) in [5.41, 5.74) is 1.21. The monoisotopic (exact) mass is 240 g/mol. The Morgan fingerprint density at radius 1 is 1.12 bits per heavy atom. The number of benzene rings is 1. The maximum absolute atomic E-state index is 5.27. The fourth-order valence-electron chi connectivity index (χ4n) is 1.68. The Labute approximate surface area is 103 Å². The average molecular weight is 240 g/mol. The predicted octanol–water partition coefficient (Wildman–Crippen LogP) is 0.802. The van der Waals surface area contributed by atoms with E-state index in [1.807, 2.05) is 12.1 Å². The quantitative estimate of drug-likeness (QED) is 0.767. The lowest BCUT2D eigenvalue weighted by Crippen LogP contribution is -2.88. The van der Waals surface area contributed by atoms with Crippen molar-refractivity contribution < 1.29 is 19.5 Å². The van der Waals surface area contributed by atoms with Gasteiger partial charge < -0.3 is 19.5 Å². The molecule has 0 radical (unpaired) electrons. The molecule has 0 saturated carbocycles. The van der Waals surface area contributed by atoms with E-state index in [4.69, 9.17) is 14.2 Å². The molecule has 1 aromatic carbocycles. The first-order valence-electron chi connectivity index (χ1n) is 5.74. The summed E-state index contributed by atoms with van der Waals surface area (Å²) in [7, 11) is 5.02. The number of hydrogen-bond donors (Lipinski definition) is 1. The molecule has 4 heteroatoms. The van der Waals surface area contributed by atoms with Gasteiger partial charge in [-0.15, -0.1) is 0 Å². The molecule has 96 valence electrons. The molecule has 1 aromatic rings. The lowest BCUT2D eigenvalue weighted by Gasteiger charge is -2.11. The van der Waals surface area contributed by atoms with E-state index in [-0.39, 0.29) is 0 Å². The predicted molar refractivity (Wildman–Crippen MR) is 66.5 cm³/mol. The first-order chi connectivity index (χ1) is 8.21. The number of quaternary nitrogens is 1. The highest BCUT2D eigenvalue weighted by atomic mass is 16.5. The van der Waals surface area contributed by atoms with Crippen molar-refractivity contribution in [2.45, 2.75) is 19.5 Å². The minimum absolute atomic E-state index is 0.452. The van der Waals surface area contributed by atoms with Crippen LogP contribution in [0.15, 0.2) is 18.2 Å². The summed E-state index contributed by atoms with van der Waals surface area (Å²) in [6.07, 6.45) is 0. The van der Waals surface area contributed by atoms with E-state index < -0.39 is 0 Å². The van der Waals surface area contributed by atoms with Gasteiger partial charge in [-0.25, -0.2) is 0 Å². The average Bonchev–Trinajstić information content (AvgIpc) is 2.36. The lowest BCUT2D eigenvalue weighted by molar-refractivity contribution is -0.702. The smallest absolute Gasteiger partial charge is 0.161 e. The van der Waals surface area contributed by atoms with Gasteiger partial charge in [0.15, 0.2) is 11.5 Å². The Kier molecular flexibility index (Phi) is 5.80. The molecule has 17 heavy (non-hydrogen) atoms. The number of ether oxygens (including phenoxy) is 3. The summed E-state index contributed by atoms with van der Waals surface area (Å²) in [5, 5.41) is 2.24. The number of methoxy groups -OCH3 is 3. The van der Waals surface area contributed by atoms with Crippen molar-refractivity contribution in [1.82, 2.24) is 0 Å². The third-order valence-corrected chi connectivity index (χ3v) is 2.63. The molecular formula is C13H22NO3+. The molecule has 0 amide bonds. The van der Waals surface area contributed by atoms with E-state index in [1.54, 1.807) is 21.3 Å². The van der Waals surface area contributed by atoms with E-state index in [9.17, 15) is 0 Å². The Bertz CT molecular complexity index is 341. The van der Waals surface area contributed by atoms with E-state index in [1.165, 1.54) is 5.56 Å². The zero-order chi connectivity index (χ0) is 12.7. The van der Waals surface area contributed by atoms with Gasteiger partial charge in [0.25, 0.3) is 0 Å². The van der Waals surface area contributed by atoms with Crippen molar-refractivity contribution in [2.24, 2.45) is 0 Å². The Morgan fingerprint density at radius 2 is 1.82 bits per heavy atom. The highest BCUT2D eigenvalue weighted by molar-refractivity contribution is 5.42. The molecule has 0 fully saturated rings. The molecule has 0 spiro atoms. The fraction of sp³-hybridized carbons (Fsp3) is 0.538. The van der Waals surface area contributed by atoms with Gasteiger partial charge in [0.1, 0.15) is 12.6 Å². The van der Waals surface area contributed by atoms with Crippen molar-refractivity contribution in [3.8, 4) is 11.5 Å². The number of nitrogens with two attached hydrogens (primary N) is 1. The van der Waals surface area contributed by atoms with Crippen LogP contribution in [0, 0.1) is 0 Å². The summed E-state index contributed by atoms with van der Waals surface area (Å²) in [4.78, 5) is 0. The third-order valence-electron chi connectivity index (χ3n) is 2.63. The summed E-state index contributed by atoms with van der Waals surface area (Å²) in [5.74, 6) is 1.54. The SMILES string of the molecule is COC[C@H](C)[NH2+]Cc1ccc(OC)c(OC)c1. The van der Waals surface area contributed by atoms with E-state index >= 15 is 0 Å². The third kappa shape index (κ3) is 4.24. The molecule has 1 atom stereocenters. The Hall–Kier alpha value is -1.26. The molecule has 2 N–H and O–H groups in total. The second kappa shape index (κ2) is 7.14. The van der Waals surface area contributed by atoms with Crippen LogP contribution in [-0.2, 0) is 11.3 Å². The maximum Gasteiger partial charge on any atom is 0.161 e. The standard InChI is InChI=1S/C13H21NO3/c1-10(9-15-2)14-8-11-5-6-12(16-3)13(7-11)17-4/h5-7,10,14H,8-9H2,1-4H3/p+1/t10-/m0/s1. The molecule has 1 rings (SSSR count). The summed E-state index contributed by atoms with van der Waals surface area (Å²) in [6, 6.07) is 6.45. The van der Waals surface area contributed by atoms with Gasteiger partial charge in [-0.1, -0.05) is 0 Å². The highest BCUT2D eigenvalue weighted by Crippen LogP contribution is 2.27. The first kappa shape index (κ1) is 13.8. The molecule has 0 bridgehead atoms. The van der Waals surface area contributed by atoms with Crippen LogP contribution >= 0.6 is 0 Å². The molecule has 0 aliphatic heterocycles. The topological polar surface area (TPSA) is 44.3 Å². The van der Waals surface area contributed by atoms with Crippen LogP contribution in [0.1, 0.15) is 12.5 Å². The van der Waals surface area contributed by atoms with E-state index in [0.29, 0.717) is 6.04 Å². The van der Waals surface area contributed by atoms with Crippen LogP contribution in [0.4, 0.5) is 0 Å². The van der Waals surface area contributed by atoms with Crippen molar-refractivity contribution in [2.75, 3.05) is 27.9 Å². The first-order valence-corrected chi connectivity index (χ1v) is 5.74. The zero-order valence-electron chi connectivity index (χ0n) is 11.0. The van der Waals surface area contributed by atoms with Crippen molar-refractivity contribution >= 4 is 0 Å². The molecule has 0 aliphatic carbocycles. The van der Waals surface area contributed by atoms with Crippen molar-refractivity contribution in [3.63, 3.8) is 0 Å². The Balaban J connectivity index is 2.60. The molecule has 0 aromatic heterocycles. The molecular weight excluding hydrogens is 218 g/mol. The van der Waals surface area contributed by atoms with Crippen molar-refractivity contribution in [1.29, 1.82) is 0 Å². The zero-order valence-corrected chi connectivity index (χ0v) is 11.0. The highest BCUT2D eigenvalue weighted by Gasteiger charge is 2.08. The van der Waals surface area contributed by atoms with Crippen LogP contribution in [0.2, 0.25) is 0 Å². The summed E-state index contributed by atoms with van der Waals surface area (Å²) in [6.45, 7) is 3.81. The minimum Gasteiger partial charge on any atom is -0.493 e. The van der Waals surface area contributed by atoms with Gasteiger partial charge >= 0.3 is 0 Å². The van der Waals surface area contributed by atoms with Gasteiger partial charge in [0.2, 0.25) is 0 Å². The fourth-order valence-corrected chi connectivity index (χ4v) is 1.68. The van der Waals surface area contributed by atoms with Crippen LogP contribution in [0.3, 0.4) is 0 Å².